The molecule has 0 aliphatic carbocycles. The van der Waals surface area contributed by atoms with Crippen molar-refractivity contribution in [3.05, 3.63) is 36.4 Å². The fourth-order valence-electron chi connectivity index (χ4n) is 2.24. The van der Waals surface area contributed by atoms with Gasteiger partial charge in [0.25, 0.3) is 0 Å². The normalized spacial score (nSPS) is 10.2. The zero-order valence-corrected chi connectivity index (χ0v) is 15.2. The van der Waals surface area contributed by atoms with Crippen LogP contribution in [0.5, 0.6) is 11.5 Å². The van der Waals surface area contributed by atoms with E-state index in [1.807, 2.05) is 0 Å². The van der Waals surface area contributed by atoms with Gasteiger partial charge in [-0.2, -0.15) is 0 Å². The standard InChI is InChI=1S/C20H25NO6/c1-3-11-26-13-8-19(24)21(20(25)9-14-27-12-4-2)10-7-16-5-6-17(22)18(23)15-16/h1,4-6,15,22-23H,2,7-14H2. The van der Waals surface area contributed by atoms with Gasteiger partial charge < -0.3 is 19.7 Å². The minimum Gasteiger partial charge on any atom is -0.504 e. The SMILES string of the molecule is C#CCOCCC(=O)N(CCc1ccc(O)c(O)c1)C(=O)CCOCC=C. The van der Waals surface area contributed by atoms with Crippen LogP contribution in [-0.2, 0) is 25.5 Å². The highest BCUT2D eigenvalue weighted by atomic mass is 16.5. The number of benzene rings is 1. The number of phenols is 2. The van der Waals surface area contributed by atoms with E-state index in [9.17, 15) is 19.8 Å². The Morgan fingerprint density at radius 3 is 2.41 bits per heavy atom. The number of nitrogens with zero attached hydrogens (tertiary/aromatic N) is 1. The molecule has 1 aromatic rings. The van der Waals surface area contributed by atoms with E-state index in [2.05, 4.69) is 12.5 Å². The van der Waals surface area contributed by atoms with Crippen LogP contribution >= 0.6 is 0 Å². The number of rotatable bonds is 12. The van der Waals surface area contributed by atoms with E-state index in [1.165, 1.54) is 12.1 Å². The molecule has 0 fully saturated rings. The molecule has 7 heteroatoms. The van der Waals surface area contributed by atoms with Crippen molar-refractivity contribution < 1.29 is 29.3 Å². The Morgan fingerprint density at radius 1 is 1.15 bits per heavy atom. The molecule has 0 heterocycles. The molecule has 0 atom stereocenters. The number of carbonyl (C=O) groups excluding carboxylic acids is 2. The molecule has 1 rings (SSSR count). The summed E-state index contributed by atoms with van der Waals surface area (Å²) in [5.74, 6) is 1.10. The molecule has 0 saturated heterocycles. The maximum absolute atomic E-state index is 12.4. The average Bonchev–Trinajstić information content (AvgIpc) is 2.65. The van der Waals surface area contributed by atoms with E-state index >= 15 is 0 Å². The minimum absolute atomic E-state index is 0.0295. The summed E-state index contributed by atoms with van der Waals surface area (Å²) in [6.07, 6.45) is 7.09. The Hall–Kier alpha value is -2.82. The quantitative estimate of drug-likeness (QED) is 0.249. The summed E-state index contributed by atoms with van der Waals surface area (Å²) < 4.78 is 10.3. The van der Waals surface area contributed by atoms with E-state index in [-0.39, 0.29) is 62.5 Å². The van der Waals surface area contributed by atoms with Crippen LogP contribution in [0.2, 0.25) is 0 Å². The number of imide groups is 1. The number of hydrogen-bond acceptors (Lipinski definition) is 6. The molecule has 2 amide bonds. The lowest BCUT2D eigenvalue weighted by molar-refractivity contribution is -0.146. The lowest BCUT2D eigenvalue weighted by Gasteiger charge is -2.21. The van der Waals surface area contributed by atoms with Gasteiger partial charge in [-0.25, -0.2) is 0 Å². The fraction of sp³-hybridized carbons (Fsp3) is 0.400. The van der Waals surface area contributed by atoms with Gasteiger partial charge in [-0.05, 0) is 24.1 Å². The Bertz CT molecular complexity index is 680. The van der Waals surface area contributed by atoms with Gasteiger partial charge in [-0.1, -0.05) is 18.1 Å². The first kappa shape index (κ1) is 22.2. The summed E-state index contributed by atoms with van der Waals surface area (Å²) in [7, 11) is 0. The molecule has 0 spiro atoms. The van der Waals surface area contributed by atoms with Gasteiger partial charge in [-0.15, -0.1) is 13.0 Å². The maximum atomic E-state index is 12.4. The zero-order chi connectivity index (χ0) is 20.1. The molecule has 146 valence electrons. The minimum atomic E-state index is -0.372. The Labute approximate surface area is 159 Å². The van der Waals surface area contributed by atoms with E-state index in [0.717, 1.165) is 4.90 Å². The van der Waals surface area contributed by atoms with Crippen LogP contribution in [0.15, 0.2) is 30.9 Å². The molecule has 7 nitrogen and oxygen atoms in total. The highest BCUT2D eigenvalue weighted by molar-refractivity contribution is 5.95. The van der Waals surface area contributed by atoms with Crippen molar-refractivity contribution in [3.63, 3.8) is 0 Å². The van der Waals surface area contributed by atoms with Gasteiger partial charge >= 0.3 is 0 Å². The number of aromatic hydroxyl groups is 2. The second-order valence-electron chi connectivity index (χ2n) is 5.63. The number of ether oxygens (including phenoxy) is 2. The second-order valence-corrected chi connectivity index (χ2v) is 5.63. The monoisotopic (exact) mass is 375 g/mol. The molecule has 2 N–H and O–H groups in total. The van der Waals surface area contributed by atoms with Crippen LogP contribution in [-0.4, -0.2) is 59.9 Å². The molecule has 0 aliphatic heterocycles. The number of terminal acetylenes is 1. The van der Waals surface area contributed by atoms with Crippen molar-refractivity contribution >= 4 is 11.8 Å². The van der Waals surface area contributed by atoms with Gasteiger partial charge in [-0.3, -0.25) is 14.5 Å². The number of hydrogen-bond donors (Lipinski definition) is 2. The molecular formula is C20H25NO6. The van der Waals surface area contributed by atoms with E-state index in [1.54, 1.807) is 12.1 Å². The Balaban J connectivity index is 2.68. The predicted octanol–water partition coefficient (Wildman–Crippen LogP) is 1.63. The van der Waals surface area contributed by atoms with Crippen molar-refractivity contribution in [1.82, 2.24) is 4.90 Å². The van der Waals surface area contributed by atoms with E-state index < -0.39 is 0 Å². The third-order valence-corrected chi connectivity index (χ3v) is 3.61. The average molecular weight is 375 g/mol. The summed E-state index contributed by atoms with van der Waals surface area (Å²) in [5, 5.41) is 18.9. The number of carbonyl (C=O) groups is 2. The first-order valence-electron chi connectivity index (χ1n) is 8.53. The molecule has 1 aromatic carbocycles. The smallest absolute Gasteiger partial charge is 0.231 e. The summed E-state index contributed by atoms with van der Waals surface area (Å²) in [4.78, 5) is 26.0. The third kappa shape index (κ3) is 8.40. The number of phenolic OH excluding ortho intramolecular Hbond substituents is 2. The highest BCUT2D eigenvalue weighted by Crippen LogP contribution is 2.25. The van der Waals surface area contributed by atoms with Crippen LogP contribution in [0.4, 0.5) is 0 Å². The zero-order valence-electron chi connectivity index (χ0n) is 15.2. The maximum Gasteiger partial charge on any atom is 0.231 e. The third-order valence-electron chi connectivity index (χ3n) is 3.61. The first-order chi connectivity index (χ1) is 13.0. The van der Waals surface area contributed by atoms with Crippen molar-refractivity contribution in [3.8, 4) is 23.8 Å². The van der Waals surface area contributed by atoms with Crippen molar-refractivity contribution in [2.45, 2.75) is 19.3 Å². The lowest BCUT2D eigenvalue weighted by atomic mass is 10.1. The van der Waals surface area contributed by atoms with Crippen molar-refractivity contribution in [2.75, 3.05) is 33.0 Å². The largest absolute Gasteiger partial charge is 0.504 e. The summed E-state index contributed by atoms with van der Waals surface area (Å²) >= 11 is 0. The predicted molar refractivity (Wildman–Crippen MR) is 100 cm³/mol. The van der Waals surface area contributed by atoms with E-state index in [0.29, 0.717) is 18.6 Å². The fourth-order valence-corrected chi connectivity index (χ4v) is 2.24. The Kier molecular flexibility index (Phi) is 10.3. The van der Waals surface area contributed by atoms with Crippen LogP contribution in [0.25, 0.3) is 0 Å². The van der Waals surface area contributed by atoms with Gasteiger partial charge in [0.15, 0.2) is 11.5 Å². The van der Waals surface area contributed by atoms with Gasteiger partial charge in [0.05, 0.1) is 32.7 Å². The number of amides is 2. The molecule has 0 radical (unpaired) electrons. The van der Waals surface area contributed by atoms with Gasteiger partial charge in [0, 0.05) is 6.54 Å². The van der Waals surface area contributed by atoms with Crippen LogP contribution in [0, 0.1) is 12.3 Å². The summed E-state index contributed by atoms with van der Waals surface area (Å²) in [6, 6.07) is 4.37. The van der Waals surface area contributed by atoms with Crippen LogP contribution < -0.4 is 0 Å². The molecule has 0 saturated carbocycles. The second kappa shape index (κ2) is 12.5. The Morgan fingerprint density at radius 2 is 1.81 bits per heavy atom. The molecule has 0 aliphatic rings. The molecule has 0 unspecified atom stereocenters. The topological polar surface area (TPSA) is 96.3 Å². The van der Waals surface area contributed by atoms with Crippen molar-refractivity contribution in [1.29, 1.82) is 0 Å². The first-order valence-corrected chi connectivity index (χ1v) is 8.53. The van der Waals surface area contributed by atoms with Crippen molar-refractivity contribution in [2.24, 2.45) is 0 Å². The highest BCUT2D eigenvalue weighted by Gasteiger charge is 2.21. The lowest BCUT2D eigenvalue weighted by Crippen LogP contribution is -2.39. The summed E-state index contributed by atoms with van der Waals surface area (Å²) in [6.45, 7) is 4.40. The van der Waals surface area contributed by atoms with Crippen LogP contribution in [0.3, 0.4) is 0 Å². The van der Waals surface area contributed by atoms with Gasteiger partial charge in [0.2, 0.25) is 11.8 Å². The molecule has 0 aromatic heterocycles. The van der Waals surface area contributed by atoms with E-state index in [4.69, 9.17) is 15.9 Å². The van der Waals surface area contributed by atoms with Crippen LogP contribution in [0.1, 0.15) is 18.4 Å². The summed E-state index contributed by atoms with van der Waals surface area (Å²) in [5.41, 5.74) is 0.683. The molecule has 27 heavy (non-hydrogen) atoms. The molecule has 0 bridgehead atoms. The van der Waals surface area contributed by atoms with Gasteiger partial charge in [0.1, 0.15) is 6.61 Å². The molecular weight excluding hydrogens is 350 g/mol.